The number of carbonyl (C=O) groups excluding carboxylic acids is 1. The van der Waals surface area contributed by atoms with Crippen molar-refractivity contribution in [1.82, 2.24) is 9.55 Å². The predicted molar refractivity (Wildman–Crippen MR) is 131 cm³/mol. The van der Waals surface area contributed by atoms with E-state index in [4.69, 9.17) is 30.7 Å². The maximum absolute atomic E-state index is 14.9. The van der Waals surface area contributed by atoms with E-state index in [2.05, 4.69) is 4.98 Å². The van der Waals surface area contributed by atoms with Crippen molar-refractivity contribution in [2.24, 2.45) is 5.92 Å². The second-order valence-corrected chi connectivity index (χ2v) is 11.3. The Kier molecular flexibility index (Phi) is 9.23. The minimum atomic E-state index is -4.01. The van der Waals surface area contributed by atoms with E-state index in [1.807, 2.05) is 0 Å². The van der Waals surface area contributed by atoms with Crippen molar-refractivity contribution in [1.29, 1.82) is 0 Å². The lowest BCUT2D eigenvalue weighted by atomic mass is 10.1. The summed E-state index contributed by atoms with van der Waals surface area (Å²) >= 11 is 5.01. The fraction of sp³-hybridized carbons (Fsp3) is 0.522. The van der Waals surface area contributed by atoms with Gasteiger partial charge in [-0.3, -0.25) is 18.9 Å². The molecule has 0 saturated carbocycles. The number of aromatic nitrogens is 2. The Hall–Kier alpha value is -2.37. The molecule has 2 N–H and O–H groups in total. The number of rotatable bonds is 10. The van der Waals surface area contributed by atoms with E-state index in [1.165, 1.54) is 13.1 Å². The van der Waals surface area contributed by atoms with E-state index < -0.39 is 56.4 Å². The third-order valence-electron chi connectivity index (χ3n) is 5.39. The van der Waals surface area contributed by atoms with Crippen molar-refractivity contribution < 1.29 is 37.4 Å². The maximum Gasteiger partial charge on any atom is 0.380 e. The predicted octanol–water partition coefficient (Wildman–Crippen LogP) is 3.69. The number of aliphatic hydroxyl groups excluding tert-OH is 1. The van der Waals surface area contributed by atoms with Crippen LogP contribution < -0.4 is 10.2 Å². The van der Waals surface area contributed by atoms with Crippen LogP contribution in [0.2, 0.25) is 0 Å². The lowest BCUT2D eigenvalue weighted by Gasteiger charge is -2.24. The second-order valence-electron chi connectivity index (χ2n) is 8.86. The van der Waals surface area contributed by atoms with Crippen LogP contribution in [0.25, 0.3) is 0 Å². The number of esters is 1. The zero-order valence-corrected chi connectivity index (χ0v) is 22.0. The number of halogens is 1. The van der Waals surface area contributed by atoms with Gasteiger partial charge in [-0.2, -0.15) is 0 Å². The number of hydrogen-bond acceptors (Lipinski definition) is 9. The number of benzene rings is 1. The van der Waals surface area contributed by atoms with Gasteiger partial charge >= 0.3 is 19.3 Å². The number of aliphatic hydroxyl groups is 1. The summed E-state index contributed by atoms with van der Waals surface area (Å²) in [7, 11) is -4.01. The van der Waals surface area contributed by atoms with Gasteiger partial charge in [-0.1, -0.05) is 37.3 Å². The highest BCUT2D eigenvalue weighted by atomic mass is 32.1. The largest absolute Gasteiger partial charge is 0.463 e. The van der Waals surface area contributed by atoms with Crippen LogP contribution in [0.5, 0.6) is 5.75 Å². The van der Waals surface area contributed by atoms with Crippen molar-refractivity contribution in [2.75, 3.05) is 12.8 Å². The van der Waals surface area contributed by atoms with Crippen LogP contribution in [0, 0.1) is 17.5 Å². The summed E-state index contributed by atoms with van der Waals surface area (Å²) < 4.78 is 51.8. The SMILES string of the molecule is Cc1cn([C@H]2O[C@@H](CO[P@](=O)(C[C@@H](C)C(=O)OC(C)C)Oc3ccccc3)C(O)[C@H]2F)c(=O)[nH]c1=S. The van der Waals surface area contributed by atoms with Crippen molar-refractivity contribution in [3.8, 4) is 5.75 Å². The maximum atomic E-state index is 14.9. The normalized spacial score (nSPS) is 24.3. The Morgan fingerprint density at radius 1 is 1.31 bits per heavy atom. The topological polar surface area (TPSA) is 129 Å². The number of para-hydroxylation sites is 1. The zero-order valence-electron chi connectivity index (χ0n) is 20.3. The number of H-pyrrole nitrogens is 1. The average molecular weight is 545 g/mol. The molecule has 3 rings (SSSR count). The van der Waals surface area contributed by atoms with Gasteiger partial charge in [-0.15, -0.1) is 0 Å². The number of alkyl halides is 1. The minimum absolute atomic E-state index is 0.203. The van der Waals surface area contributed by atoms with Gasteiger partial charge < -0.3 is 19.1 Å². The van der Waals surface area contributed by atoms with Crippen molar-refractivity contribution in [3.05, 3.63) is 57.2 Å². The van der Waals surface area contributed by atoms with Crippen LogP contribution in [0.1, 0.15) is 32.6 Å². The molecule has 1 aromatic carbocycles. The van der Waals surface area contributed by atoms with Gasteiger partial charge in [0.05, 0.1) is 24.8 Å². The molecule has 1 aromatic heterocycles. The van der Waals surface area contributed by atoms with Gasteiger partial charge in [-0.05, 0) is 32.9 Å². The van der Waals surface area contributed by atoms with Crippen molar-refractivity contribution in [3.63, 3.8) is 0 Å². The summed E-state index contributed by atoms with van der Waals surface area (Å²) in [6, 6.07) is 8.21. The first-order valence-electron chi connectivity index (χ1n) is 11.4. The van der Waals surface area contributed by atoms with E-state index in [0.29, 0.717) is 5.56 Å². The fourth-order valence-electron chi connectivity index (χ4n) is 3.54. The summed E-state index contributed by atoms with van der Waals surface area (Å²) in [4.78, 5) is 27.0. The molecule has 0 spiro atoms. The number of aryl methyl sites for hydroxylation is 1. The molecule has 0 radical (unpaired) electrons. The highest BCUT2D eigenvalue weighted by molar-refractivity contribution is 7.71. The Morgan fingerprint density at radius 2 is 1.97 bits per heavy atom. The highest BCUT2D eigenvalue weighted by Gasteiger charge is 2.47. The van der Waals surface area contributed by atoms with Crippen LogP contribution in [-0.2, 0) is 23.4 Å². The number of aromatic amines is 1. The van der Waals surface area contributed by atoms with E-state index in [1.54, 1.807) is 51.1 Å². The molecule has 0 amide bonds. The summed E-state index contributed by atoms with van der Waals surface area (Å²) in [6.45, 7) is 6.02. The van der Waals surface area contributed by atoms with Crippen LogP contribution in [0.3, 0.4) is 0 Å². The summed E-state index contributed by atoms with van der Waals surface area (Å²) in [6.07, 6.45) is -5.75. The van der Waals surface area contributed by atoms with E-state index in [-0.39, 0.29) is 22.7 Å². The number of nitrogens with one attached hydrogen (secondary N) is 1. The summed E-state index contributed by atoms with van der Waals surface area (Å²) in [5.41, 5.74) is -0.194. The fourth-order valence-corrected chi connectivity index (χ4v) is 5.55. The molecule has 6 atom stereocenters. The zero-order chi connectivity index (χ0) is 26.6. The van der Waals surface area contributed by atoms with Crippen LogP contribution in [-0.4, -0.2) is 57.9 Å². The first kappa shape index (κ1) is 28.2. The first-order valence-corrected chi connectivity index (χ1v) is 13.5. The van der Waals surface area contributed by atoms with E-state index in [0.717, 1.165) is 4.57 Å². The van der Waals surface area contributed by atoms with Crippen LogP contribution in [0.15, 0.2) is 41.3 Å². The molecule has 36 heavy (non-hydrogen) atoms. The molecule has 1 unspecified atom stereocenters. The van der Waals surface area contributed by atoms with Gasteiger partial charge in [0, 0.05) is 11.8 Å². The Morgan fingerprint density at radius 3 is 2.61 bits per heavy atom. The number of carbonyl (C=O) groups is 1. The minimum Gasteiger partial charge on any atom is -0.463 e. The lowest BCUT2D eigenvalue weighted by molar-refractivity contribution is -0.151. The molecule has 0 bridgehead atoms. The van der Waals surface area contributed by atoms with Gasteiger partial charge in [0.2, 0.25) is 0 Å². The van der Waals surface area contributed by atoms with Crippen LogP contribution >= 0.6 is 19.8 Å². The third-order valence-corrected chi connectivity index (χ3v) is 7.84. The Bertz CT molecular complexity index is 1220. The first-order chi connectivity index (χ1) is 16.9. The molecule has 2 heterocycles. The van der Waals surface area contributed by atoms with Gasteiger partial charge in [0.15, 0.2) is 12.4 Å². The Balaban J connectivity index is 1.77. The molecular formula is C23H30FN2O8PS. The van der Waals surface area contributed by atoms with Crippen LogP contribution in [0.4, 0.5) is 4.39 Å². The van der Waals surface area contributed by atoms with Gasteiger partial charge in [0.1, 0.15) is 22.6 Å². The Labute approximate surface area is 212 Å². The standard InChI is InChI=1S/C23H30FN2O8PS/c1-13(2)32-22(28)15(4)12-35(30,34-16-8-6-5-7-9-16)31-11-17-19(27)18(24)21(33-17)26-10-14(3)20(36)25-23(26)29/h5-10,13,15,17-19,21,27H,11-12H2,1-4H3,(H,25,29,36)/t15-,17+,18-,19?,21+,35-/m1/s1. The summed E-state index contributed by atoms with van der Waals surface area (Å²) in [5.74, 6) is -1.18. The lowest BCUT2D eigenvalue weighted by Crippen LogP contribution is -2.34. The molecule has 1 saturated heterocycles. The quantitative estimate of drug-likeness (QED) is 0.261. The molecular weight excluding hydrogens is 514 g/mol. The molecule has 13 heteroatoms. The smallest absolute Gasteiger partial charge is 0.380 e. The molecule has 1 fully saturated rings. The van der Waals surface area contributed by atoms with Gasteiger partial charge in [0.25, 0.3) is 0 Å². The van der Waals surface area contributed by atoms with Crippen molar-refractivity contribution >= 4 is 25.8 Å². The number of ether oxygens (including phenoxy) is 2. The van der Waals surface area contributed by atoms with E-state index >= 15 is 0 Å². The van der Waals surface area contributed by atoms with Gasteiger partial charge in [-0.25, -0.2) is 13.8 Å². The molecule has 1 aliphatic heterocycles. The van der Waals surface area contributed by atoms with Crippen molar-refractivity contribution in [2.45, 2.75) is 58.4 Å². The molecule has 0 aliphatic carbocycles. The summed E-state index contributed by atoms with van der Waals surface area (Å²) in [5, 5.41) is 10.4. The monoisotopic (exact) mass is 544 g/mol. The second kappa shape index (κ2) is 11.8. The molecule has 198 valence electrons. The highest BCUT2D eigenvalue weighted by Crippen LogP contribution is 2.50. The van der Waals surface area contributed by atoms with E-state index in [9.17, 15) is 23.7 Å². The average Bonchev–Trinajstić information content (AvgIpc) is 3.08. The molecule has 10 nitrogen and oxygen atoms in total. The molecule has 1 aliphatic rings. The number of hydrogen-bond donors (Lipinski definition) is 2. The number of nitrogens with zero attached hydrogens (tertiary/aromatic N) is 1. The molecule has 2 aromatic rings. The third kappa shape index (κ3) is 6.89.